The van der Waals surface area contributed by atoms with Gasteiger partial charge in [0.1, 0.15) is 5.65 Å². The number of nitriles is 1. The number of carbonyl (C=O) groups excluding carboxylic acids is 2. The van der Waals surface area contributed by atoms with E-state index in [4.69, 9.17) is 5.26 Å². The van der Waals surface area contributed by atoms with E-state index in [-0.39, 0.29) is 19.3 Å². The Morgan fingerprint density at radius 2 is 2.00 bits per heavy atom. The van der Waals surface area contributed by atoms with Gasteiger partial charge in [0.2, 0.25) is 5.91 Å². The smallest absolute Gasteiger partial charge is 0.256 e. The van der Waals surface area contributed by atoms with Gasteiger partial charge in [0.25, 0.3) is 11.8 Å². The molecule has 0 radical (unpaired) electrons. The van der Waals surface area contributed by atoms with Crippen LogP contribution in [0.3, 0.4) is 0 Å². The Hall–Kier alpha value is -3.80. The molecule has 0 saturated carbocycles. The van der Waals surface area contributed by atoms with Crippen molar-refractivity contribution in [2.24, 2.45) is 13.0 Å². The minimum Gasteiger partial charge on any atom is -0.340 e. The lowest BCUT2D eigenvalue weighted by Crippen LogP contribution is -2.49. The van der Waals surface area contributed by atoms with Gasteiger partial charge < -0.3 is 14.8 Å². The first kappa shape index (κ1) is 29.8. The highest BCUT2D eigenvalue weighted by atomic mass is 19.3. The Kier molecular flexibility index (Phi) is 9.10. The monoisotopic (exact) mass is 539 g/mol. The van der Waals surface area contributed by atoms with Gasteiger partial charge >= 0.3 is 0 Å². The van der Waals surface area contributed by atoms with Crippen LogP contribution in [0.15, 0.2) is 36.7 Å². The number of alkyl halides is 2. The Bertz CT molecular complexity index is 1410. The van der Waals surface area contributed by atoms with Gasteiger partial charge in [0, 0.05) is 45.1 Å². The summed E-state index contributed by atoms with van der Waals surface area (Å²) in [5.74, 6) is -5.17. The molecular weight excluding hydrogens is 500 g/mol. The van der Waals surface area contributed by atoms with Crippen LogP contribution in [-0.2, 0) is 11.8 Å². The highest BCUT2D eigenvalue weighted by Gasteiger charge is 2.41. The van der Waals surface area contributed by atoms with E-state index in [0.29, 0.717) is 36.2 Å². The van der Waals surface area contributed by atoms with Crippen LogP contribution in [0.25, 0.3) is 11.0 Å². The van der Waals surface area contributed by atoms with E-state index in [1.54, 1.807) is 29.3 Å². The standard InChI is InChI=1S/C28H31F2N5O2.C2H6.H2/c1-16-11-20(9-10-35(16)27(37)18(3)28(4,29)30)22-15-34(5)25-24(22)17(2)23(14-32-25)33-26(36)21-8-6-7-19(12-21)13-31;1-2;/h6-8,12,14-16,18,20H,9-11H2,1-5H3,(H,33,36);1-2H3;1H/t16-,18+,20+;;/m0../s1. The molecule has 7 nitrogen and oxygen atoms in total. The summed E-state index contributed by atoms with van der Waals surface area (Å²) >= 11 is 0. The van der Waals surface area contributed by atoms with Crippen molar-refractivity contribution in [2.45, 2.75) is 72.3 Å². The quantitative estimate of drug-likeness (QED) is 0.392. The summed E-state index contributed by atoms with van der Waals surface area (Å²) in [5, 5.41) is 13.0. The molecular formula is C30H39F2N5O2. The van der Waals surface area contributed by atoms with E-state index in [2.05, 4.69) is 10.3 Å². The lowest BCUT2D eigenvalue weighted by molar-refractivity contribution is -0.150. The molecule has 3 aromatic rings. The van der Waals surface area contributed by atoms with Crippen LogP contribution < -0.4 is 5.32 Å². The molecule has 0 unspecified atom stereocenters. The molecule has 9 heteroatoms. The lowest BCUT2D eigenvalue weighted by Gasteiger charge is -2.39. The molecule has 4 rings (SSSR count). The van der Waals surface area contributed by atoms with Crippen LogP contribution in [0.4, 0.5) is 14.5 Å². The van der Waals surface area contributed by atoms with Gasteiger partial charge in [-0.1, -0.05) is 19.9 Å². The normalized spacial score (nSPS) is 18.1. The number of hydrogen-bond acceptors (Lipinski definition) is 4. The maximum atomic E-state index is 13.8. The van der Waals surface area contributed by atoms with Gasteiger partial charge in [-0.25, -0.2) is 13.8 Å². The minimum absolute atomic E-state index is 0. The van der Waals surface area contributed by atoms with E-state index in [9.17, 15) is 18.4 Å². The van der Waals surface area contributed by atoms with Gasteiger partial charge in [-0.2, -0.15) is 5.26 Å². The van der Waals surface area contributed by atoms with Crippen LogP contribution in [0.5, 0.6) is 0 Å². The molecule has 1 saturated heterocycles. The van der Waals surface area contributed by atoms with Crippen molar-refractivity contribution in [3.8, 4) is 6.07 Å². The Labute approximate surface area is 230 Å². The summed E-state index contributed by atoms with van der Waals surface area (Å²) < 4.78 is 29.5. The number of piperidine rings is 1. The van der Waals surface area contributed by atoms with E-state index in [0.717, 1.165) is 29.1 Å². The first-order chi connectivity index (χ1) is 18.4. The van der Waals surface area contributed by atoms with Gasteiger partial charge in [0.15, 0.2) is 0 Å². The summed E-state index contributed by atoms with van der Waals surface area (Å²) in [4.78, 5) is 31.8. The van der Waals surface area contributed by atoms with Gasteiger partial charge in [0.05, 0.1) is 29.4 Å². The van der Waals surface area contributed by atoms with Crippen molar-refractivity contribution >= 4 is 28.5 Å². The number of anilines is 1. The number of benzene rings is 1. The van der Waals surface area contributed by atoms with Crippen molar-refractivity contribution in [1.82, 2.24) is 14.5 Å². The molecule has 1 N–H and O–H groups in total. The summed E-state index contributed by atoms with van der Waals surface area (Å²) in [6, 6.07) is 8.34. The number of aryl methyl sites for hydroxylation is 2. The summed E-state index contributed by atoms with van der Waals surface area (Å²) in [6.07, 6.45) is 4.95. The molecule has 2 amide bonds. The summed E-state index contributed by atoms with van der Waals surface area (Å²) in [7, 11) is 1.91. The molecule has 2 aromatic heterocycles. The van der Waals surface area contributed by atoms with Crippen LogP contribution in [0.2, 0.25) is 0 Å². The Morgan fingerprint density at radius 1 is 1.31 bits per heavy atom. The average molecular weight is 540 g/mol. The maximum Gasteiger partial charge on any atom is 0.256 e. The first-order valence-corrected chi connectivity index (χ1v) is 13.4. The molecule has 0 bridgehead atoms. The lowest BCUT2D eigenvalue weighted by atomic mass is 9.84. The second-order valence-corrected chi connectivity index (χ2v) is 10.1. The Morgan fingerprint density at radius 3 is 2.62 bits per heavy atom. The SMILES string of the molecule is CC.Cc1c(NC(=O)c2cccc(C#N)c2)cnc2c1c([C@@H]1CCN(C(=O)[C@@H](C)C(C)(F)F)[C@@H](C)C1)cn2C.[HH]. The van der Waals surface area contributed by atoms with Crippen LogP contribution >= 0.6 is 0 Å². The van der Waals surface area contributed by atoms with E-state index in [1.807, 2.05) is 51.6 Å². The number of rotatable bonds is 5. The van der Waals surface area contributed by atoms with Gasteiger partial charge in [-0.3, -0.25) is 9.59 Å². The van der Waals surface area contributed by atoms with Crippen molar-refractivity contribution in [3.63, 3.8) is 0 Å². The maximum absolute atomic E-state index is 13.8. The Balaban J connectivity index is 0.00000183. The highest BCUT2D eigenvalue weighted by molar-refractivity contribution is 6.06. The van der Waals surface area contributed by atoms with E-state index >= 15 is 0 Å². The van der Waals surface area contributed by atoms with Crippen molar-refractivity contribution in [1.29, 1.82) is 5.26 Å². The molecule has 3 atom stereocenters. The molecule has 39 heavy (non-hydrogen) atoms. The van der Waals surface area contributed by atoms with Crippen molar-refractivity contribution in [2.75, 3.05) is 11.9 Å². The fourth-order valence-corrected chi connectivity index (χ4v) is 5.14. The predicted molar refractivity (Wildman–Crippen MR) is 151 cm³/mol. The van der Waals surface area contributed by atoms with Crippen molar-refractivity contribution < 1.29 is 19.8 Å². The molecule has 1 aromatic carbocycles. The topological polar surface area (TPSA) is 91.0 Å². The zero-order valence-corrected chi connectivity index (χ0v) is 23.7. The molecule has 3 heterocycles. The molecule has 1 aliphatic heterocycles. The van der Waals surface area contributed by atoms with Crippen LogP contribution in [-0.4, -0.2) is 44.8 Å². The molecule has 210 valence electrons. The highest BCUT2D eigenvalue weighted by Crippen LogP contribution is 2.39. The first-order valence-electron chi connectivity index (χ1n) is 13.4. The molecule has 0 aliphatic carbocycles. The fraction of sp³-hybridized carbons (Fsp3) is 0.467. The van der Waals surface area contributed by atoms with Gasteiger partial charge in [-0.05, 0) is 68.9 Å². The number of nitrogens with one attached hydrogen (secondary N) is 1. The number of carbonyl (C=O) groups is 2. The summed E-state index contributed by atoms with van der Waals surface area (Å²) in [6.45, 7) is 10.3. The number of pyridine rings is 1. The zero-order chi connectivity index (χ0) is 29.1. The third-order valence-electron chi connectivity index (χ3n) is 7.51. The molecule has 0 spiro atoms. The van der Waals surface area contributed by atoms with Gasteiger partial charge in [-0.15, -0.1) is 0 Å². The number of aromatic nitrogens is 2. The number of likely N-dealkylation sites (tertiary alicyclic amines) is 1. The predicted octanol–water partition coefficient (Wildman–Crippen LogP) is 6.66. The average Bonchev–Trinajstić information content (AvgIpc) is 3.26. The van der Waals surface area contributed by atoms with E-state index in [1.165, 1.54) is 13.0 Å². The van der Waals surface area contributed by atoms with E-state index < -0.39 is 17.7 Å². The molecule has 1 aliphatic rings. The number of nitrogens with zero attached hydrogens (tertiary/aromatic N) is 4. The zero-order valence-electron chi connectivity index (χ0n) is 23.7. The number of halogens is 2. The van der Waals surface area contributed by atoms with Crippen LogP contribution in [0.1, 0.15) is 81.9 Å². The largest absolute Gasteiger partial charge is 0.340 e. The van der Waals surface area contributed by atoms with Crippen molar-refractivity contribution in [3.05, 3.63) is 58.9 Å². The summed E-state index contributed by atoms with van der Waals surface area (Å²) in [5.41, 5.74) is 4.08. The van der Waals surface area contributed by atoms with Crippen LogP contribution in [0, 0.1) is 24.2 Å². The third-order valence-corrected chi connectivity index (χ3v) is 7.51. The minimum atomic E-state index is -3.07. The third kappa shape index (κ3) is 6.11. The number of hydrogen-bond donors (Lipinski definition) is 1. The molecule has 1 fully saturated rings. The second kappa shape index (κ2) is 11.9. The number of fused-ring (bicyclic) bond motifs is 1. The fourth-order valence-electron chi connectivity index (χ4n) is 5.14. The number of amides is 2. The second-order valence-electron chi connectivity index (χ2n) is 10.1.